The fraction of sp³-hybridized carbons (Fsp3) is 0.0909. The number of aromatic nitrogens is 2. The van der Waals surface area contributed by atoms with Gasteiger partial charge in [-0.25, -0.2) is 4.39 Å². The Hall–Kier alpha value is -2.37. The van der Waals surface area contributed by atoms with Gasteiger partial charge in [0.2, 0.25) is 0 Å². The Morgan fingerprint density at radius 1 is 1.47 bits per heavy atom. The van der Waals surface area contributed by atoms with E-state index >= 15 is 0 Å². The summed E-state index contributed by atoms with van der Waals surface area (Å²) in [7, 11) is 0. The molecule has 0 radical (unpaired) electrons. The molecule has 6 heteroatoms. The van der Waals surface area contributed by atoms with Gasteiger partial charge in [-0.05, 0) is 24.6 Å². The van der Waals surface area contributed by atoms with Gasteiger partial charge in [0.15, 0.2) is 0 Å². The van der Waals surface area contributed by atoms with E-state index in [0.717, 1.165) is 5.56 Å². The van der Waals surface area contributed by atoms with E-state index in [9.17, 15) is 9.18 Å². The number of H-pyrrole nitrogens is 1. The van der Waals surface area contributed by atoms with Crippen molar-refractivity contribution in [1.82, 2.24) is 10.2 Å². The molecule has 4 N–H and O–H groups in total. The Bertz CT molecular complexity index is 564. The number of amides is 1. The summed E-state index contributed by atoms with van der Waals surface area (Å²) in [5.74, 6) is -0.769. The number of rotatable bonds is 2. The van der Waals surface area contributed by atoms with Crippen molar-refractivity contribution >= 4 is 17.4 Å². The number of anilines is 2. The van der Waals surface area contributed by atoms with Crippen molar-refractivity contribution in [2.45, 2.75) is 6.92 Å². The zero-order valence-corrected chi connectivity index (χ0v) is 9.12. The lowest BCUT2D eigenvalue weighted by Gasteiger charge is -2.05. The van der Waals surface area contributed by atoms with E-state index in [1.807, 2.05) is 6.92 Å². The summed E-state index contributed by atoms with van der Waals surface area (Å²) in [6.45, 7) is 1.81. The molecule has 0 atom stereocenters. The topological polar surface area (TPSA) is 83.8 Å². The van der Waals surface area contributed by atoms with Crippen LogP contribution in [0, 0.1) is 12.7 Å². The molecule has 88 valence electrons. The monoisotopic (exact) mass is 234 g/mol. The zero-order valence-electron chi connectivity index (χ0n) is 9.12. The van der Waals surface area contributed by atoms with Crippen molar-refractivity contribution in [2.24, 2.45) is 0 Å². The van der Waals surface area contributed by atoms with Crippen LogP contribution in [-0.4, -0.2) is 16.1 Å². The number of nitrogens with zero attached hydrogens (tertiary/aromatic N) is 1. The van der Waals surface area contributed by atoms with E-state index < -0.39 is 11.7 Å². The van der Waals surface area contributed by atoms with Crippen molar-refractivity contribution in [2.75, 3.05) is 11.1 Å². The number of halogens is 1. The van der Waals surface area contributed by atoms with Gasteiger partial charge >= 0.3 is 0 Å². The maximum atomic E-state index is 13.4. The summed E-state index contributed by atoms with van der Waals surface area (Å²) >= 11 is 0. The van der Waals surface area contributed by atoms with Crippen molar-refractivity contribution in [3.63, 3.8) is 0 Å². The van der Waals surface area contributed by atoms with Crippen LogP contribution in [0.4, 0.5) is 15.9 Å². The highest BCUT2D eigenvalue weighted by Crippen LogP contribution is 2.16. The second kappa shape index (κ2) is 4.25. The summed E-state index contributed by atoms with van der Waals surface area (Å²) in [6.07, 6.45) is 0. The quantitative estimate of drug-likeness (QED) is 0.739. The number of carbonyl (C=O) groups is 1. The van der Waals surface area contributed by atoms with Crippen LogP contribution in [0.15, 0.2) is 24.3 Å². The largest absolute Gasteiger partial charge is 0.382 e. The molecule has 0 saturated carbocycles. The minimum absolute atomic E-state index is 0.128. The average Bonchev–Trinajstić information content (AvgIpc) is 2.70. The first-order chi connectivity index (χ1) is 8.06. The maximum absolute atomic E-state index is 13.4. The highest BCUT2D eigenvalue weighted by atomic mass is 19.1. The number of hydrogen-bond acceptors (Lipinski definition) is 3. The minimum Gasteiger partial charge on any atom is -0.382 e. The average molecular weight is 234 g/mol. The third kappa shape index (κ3) is 2.41. The molecule has 0 spiro atoms. The van der Waals surface area contributed by atoms with E-state index in [0.29, 0.717) is 0 Å². The molecule has 17 heavy (non-hydrogen) atoms. The Kier molecular flexibility index (Phi) is 2.78. The lowest BCUT2D eigenvalue weighted by atomic mass is 10.2. The van der Waals surface area contributed by atoms with Crippen LogP contribution in [0.1, 0.15) is 16.1 Å². The third-order valence-electron chi connectivity index (χ3n) is 2.21. The van der Waals surface area contributed by atoms with Gasteiger partial charge in [-0.15, -0.1) is 0 Å². The fourth-order valence-electron chi connectivity index (χ4n) is 1.38. The van der Waals surface area contributed by atoms with Crippen LogP contribution in [0.25, 0.3) is 0 Å². The van der Waals surface area contributed by atoms with E-state index in [1.54, 1.807) is 12.1 Å². The molecule has 1 heterocycles. The molecule has 0 fully saturated rings. The molecule has 0 aliphatic rings. The van der Waals surface area contributed by atoms with Crippen LogP contribution in [0.5, 0.6) is 0 Å². The first kappa shape index (κ1) is 11.1. The van der Waals surface area contributed by atoms with Crippen LogP contribution in [0.3, 0.4) is 0 Å². The van der Waals surface area contributed by atoms with Gasteiger partial charge in [0.1, 0.15) is 17.3 Å². The van der Waals surface area contributed by atoms with E-state index in [1.165, 1.54) is 12.1 Å². The van der Waals surface area contributed by atoms with Gasteiger partial charge in [0.25, 0.3) is 5.91 Å². The van der Waals surface area contributed by atoms with Crippen LogP contribution >= 0.6 is 0 Å². The Balaban J connectivity index is 2.21. The Morgan fingerprint density at radius 2 is 2.24 bits per heavy atom. The number of carbonyl (C=O) groups excluding carboxylic acids is 1. The normalized spacial score (nSPS) is 10.2. The fourth-order valence-corrected chi connectivity index (χ4v) is 1.38. The minimum atomic E-state index is -0.489. The Labute approximate surface area is 96.8 Å². The lowest BCUT2D eigenvalue weighted by Crippen LogP contribution is -2.13. The van der Waals surface area contributed by atoms with Gasteiger partial charge in [-0.1, -0.05) is 6.07 Å². The van der Waals surface area contributed by atoms with Gasteiger partial charge in [-0.2, -0.15) is 5.10 Å². The molecular weight excluding hydrogens is 223 g/mol. The number of nitrogens with two attached hydrogens (primary N) is 1. The Morgan fingerprint density at radius 3 is 2.88 bits per heavy atom. The second-order valence-electron chi connectivity index (χ2n) is 3.64. The highest BCUT2D eigenvalue weighted by molar-refractivity contribution is 6.03. The van der Waals surface area contributed by atoms with Gasteiger partial charge in [0.05, 0.1) is 5.69 Å². The molecule has 2 rings (SSSR count). The smallest absolute Gasteiger partial charge is 0.273 e. The SMILES string of the molecule is Cc1ccc(F)c(NC(=O)c2cc(N)n[nH]2)c1. The summed E-state index contributed by atoms with van der Waals surface area (Å²) in [6, 6.07) is 5.85. The van der Waals surface area contributed by atoms with Crippen LogP contribution in [-0.2, 0) is 0 Å². The summed E-state index contributed by atoms with van der Waals surface area (Å²) in [5, 5.41) is 8.51. The van der Waals surface area contributed by atoms with Gasteiger partial charge < -0.3 is 11.1 Å². The standard InChI is InChI=1S/C11H11FN4O/c1-6-2-3-7(12)8(4-6)14-11(17)9-5-10(13)16-15-9/h2-5H,1H3,(H,14,17)(H3,13,15,16). The molecule has 0 unspecified atom stereocenters. The second-order valence-corrected chi connectivity index (χ2v) is 3.64. The number of nitrogens with one attached hydrogen (secondary N) is 2. The van der Waals surface area contributed by atoms with Crippen molar-refractivity contribution in [1.29, 1.82) is 0 Å². The number of hydrogen-bond donors (Lipinski definition) is 3. The van der Waals surface area contributed by atoms with Crippen LogP contribution < -0.4 is 11.1 Å². The summed E-state index contributed by atoms with van der Waals surface area (Å²) < 4.78 is 13.4. The van der Waals surface area contributed by atoms with Crippen molar-refractivity contribution < 1.29 is 9.18 Å². The first-order valence-corrected chi connectivity index (χ1v) is 4.94. The number of aromatic amines is 1. The third-order valence-corrected chi connectivity index (χ3v) is 2.21. The number of nitrogen functional groups attached to an aromatic ring is 1. The molecule has 0 bridgehead atoms. The predicted octanol–water partition coefficient (Wildman–Crippen LogP) is 1.69. The van der Waals surface area contributed by atoms with E-state index in [2.05, 4.69) is 15.5 Å². The first-order valence-electron chi connectivity index (χ1n) is 4.94. The number of aryl methyl sites for hydroxylation is 1. The maximum Gasteiger partial charge on any atom is 0.273 e. The molecule has 1 aromatic carbocycles. The molecule has 5 nitrogen and oxygen atoms in total. The zero-order chi connectivity index (χ0) is 12.4. The van der Waals surface area contributed by atoms with Gasteiger partial charge in [0, 0.05) is 6.07 Å². The molecular formula is C11H11FN4O. The predicted molar refractivity (Wildman–Crippen MR) is 62.1 cm³/mol. The molecule has 2 aromatic rings. The molecule has 0 saturated heterocycles. The number of benzene rings is 1. The van der Waals surface area contributed by atoms with Crippen LogP contribution in [0.2, 0.25) is 0 Å². The van der Waals surface area contributed by atoms with Crippen molar-refractivity contribution in [3.05, 3.63) is 41.3 Å². The molecule has 1 amide bonds. The van der Waals surface area contributed by atoms with Crippen molar-refractivity contribution in [3.8, 4) is 0 Å². The molecule has 0 aliphatic carbocycles. The summed E-state index contributed by atoms with van der Waals surface area (Å²) in [4.78, 5) is 11.7. The van der Waals surface area contributed by atoms with E-state index in [-0.39, 0.29) is 17.2 Å². The molecule has 0 aliphatic heterocycles. The van der Waals surface area contributed by atoms with E-state index in [4.69, 9.17) is 5.73 Å². The summed E-state index contributed by atoms with van der Waals surface area (Å²) in [5.41, 5.74) is 6.53. The molecule has 1 aromatic heterocycles. The lowest BCUT2D eigenvalue weighted by molar-refractivity contribution is 0.102. The highest BCUT2D eigenvalue weighted by Gasteiger charge is 2.11. The van der Waals surface area contributed by atoms with Gasteiger partial charge in [-0.3, -0.25) is 9.89 Å².